The smallest absolute Gasteiger partial charge is 0.308 e. The lowest BCUT2D eigenvalue weighted by atomic mass is 9.99. The van der Waals surface area contributed by atoms with Gasteiger partial charge in [-0.15, -0.1) is 0 Å². The molecule has 0 saturated carbocycles. The molecule has 4 nitrogen and oxygen atoms in total. The van der Waals surface area contributed by atoms with Crippen LogP contribution in [0, 0.1) is 11.8 Å². The van der Waals surface area contributed by atoms with Crippen LogP contribution in [0.25, 0.3) is 0 Å². The number of nitrogens with zero attached hydrogens (tertiary/aromatic N) is 1. The predicted octanol–water partition coefficient (Wildman–Crippen LogP) is 2.41. The number of hydrogen-bond donors (Lipinski definition) is 1. The van der Waals surface area contributed by atoms with E-state index in [0.717, 1.165) is 17.9 Å². The maximum atomic E-state index is 11.2. The summed E-state index contributed by atoms with van der Waals surface area (Å²) in [4.78, 5) is 13.4. The van der Waals surface area contributed by atoms with Gasteiger partial charge in [-0.1, -0.05) is 25.1 Å². The number of aliphatic carboxylic acids is 1. The van der Waals surface area contributed by atoms with Crippen molar-refractivity contribution < 1.29 is 14.6 Å². The zero-order valence-electron chi connectivity index (χ0n) is 11.7. The number of para-hydroxylation sites is 1. The molecule has 2 rings (SSSR count). The number of hydrogen-bond acceptors (Lipinski definition) is 3. The van der Waals surface area contributed by atoms with E-state index < -0.39 is 5.97 Å². The van der Waals surface area contributed by atoms with Crippen molar-refractivity contribution in [2.24, 2.45) is 11.8 Å². The number of likely N-dealkylation sites (tertiary alicyclic amines) is 1. The molecule has 19 heavy (non-hydrogen) atoms. The number of benzene rings is 1. The van der Waals surface area contributed by atoms with Crippen molar-refractivity contribution in [2.75, 3.05) is 20.2 Å². The van der Waals surface area contributed by atoms with Crippen LogP contribution in [0.15, 0.2) is 24.3 Å². The SMILES string of the molecule is COc1ccccc1C(C)N1CC(C)C(C(=O)O)C1. The largest absolute Gasteiger partial charge is 0.496 e. The van der Waals surface area contributed by atoms with Gasteiger partial charge in [0.25, 0.3) is 0 Å². The lowest BCUT2D eigenvalue weighted by Gasteiger charge is -2.26. The molecule has 0 bridgehead atoms. The Kier molecular flexibility index (Phi) is 4.10. The van der Waals surface area contributed by atoms with Gasteiger partial charge in [0.15, 0.2) is 0 Å². The number of carboxylic acids is 1. The Balaban J connectivity index is 2.17. The average molecular weight is 263 g/mol. The number of ether oxygens (including phenoxy) is 1. The molecule has 4 heteroatoms. The molecular weight excluding hydrogens is 242 g/mol. The molecule has 1 saturated heterocycles. The Bertz CT molecular complexity index is 460. The Labute approximate surface area is 114 Å². The zero-order valence-corrected chi connectivity index (χ0v) is 11.7. The topological polar surface area (TPSA) is 49.8 Å². The van der Waals surface area contributed by atoms with Crippen LogP contribution in [0.4, 0.5) is 0 Å². The molecule has 0 amide bonds. The van der Waals surface area contributed by atoms with E-state index in [1.165, 1.54) is 0 Å². The third kappa shape index (κ3) is 2.73. The molecule has 1 aliphatic heterocycles. The summed E-state index contributed by atoms with van der Waals surface area (Å²) in [7, 11) is 1.66. The minimum absolute atomic E-state index is 0.169. The molecule has 3 atom stereocenters. The fraction of sp³-hybridized carbons (Fsp3) is 0.533. The van der Waals surface area contributed by atoms with Gasteiger partial charge in [0.2, 0.25) is 0 Å². The molecule has 104 valence electrons. The Hall–Kier alpha value is -1.55. The van der Waals surface area contributed by atoms with E-state index in [1.807, 2.05) is 31.2 Å². The third-order valence-electron chi connectivity index (χ3n) is 4.09. The summed E-state index contributed by atoms with van der Waals surface area (Å²) in [6.07, 6.45) is 0. The molecule has 1 fully saturated rings. The first-order valence-electron chi connectivity index (χ1n) is 6.64. The molecule has 3 unspecified atom stereocenters. The normalized spacial score (nSPS) is 25.2. The van der Waals surface area contributed by atoms with Crippen molar-refractivity contribution in [3.63, 3.8) is 0 Å². The highest BCUT2D eigenvalue weighted by Gasteiger charge is 2.37. The third-order valence-corrected chi connectivity index (χ3v) is 4.09. The maximum Gasteiger partial charge on any atom is 0.308 e. The van der Waals surface area contributed by atoms with Gasteiger partial charge in [-0.25, -0.2) is 0 Å². The van der Waals surface area contributed by atoms with Crippen molar-refractivity contribution in [2.45, 2.75) is 19.9 Å². The standard InChI is InChI=1S/C15H21NO3/c1-10-8-16(9-13(10)15(17)18)11(2)12-6-4-5-7-14(12)19-3/h4-7,10-11,13H,8-9H2,1-3H3,(H,17,18). The van der Waals surface area contributed by atoms with E-state index in [-0.39, 0.29) is 17.9 Å². The van der Waals surface area contributed by atoms with Crippen LogP contribution in [0.2, 0.25) is 0 Å². The first-order chi connectivity index (χ1) is 9.04. The number of methoxy groups -OCH3 is 1. The Morgan fingerprint density at radius 2 is 2.11 bits per heavy atom. The predicted molar refractivity (Wildman–Crippen MR) is 73.3 cm³/mol. The lowest BCUT2D eigenvalue weighted by Crippen LogP contribution is -2.26. The van der Waals surface area contributed by atoms with E-state index in [0.29, 0.717) is 6.54 Å². The van der Waals surface area contributed by atoms with Gasteiger partial charge < -0.3 is 9.84 Å². The summed E-state index contributed by atoms with van der Waals surface area (Å²) in [5.74, 6) is 0.0930. The molecule has 1 N–H and O–H groups in total. The van der Waals surface area contributed by atoms with Crippen LogP contribution in [0.5, 0.6) is 5.75 Å². The summed E-state index contributed by atoms with van der Waals surface area (Å²) in [5, 5.41) is 9.20. The van der Waals surface area contributed by atoms with Gasteiger partial charge >= 0.3 is 5.97 Å². The van der Waals surface area contributed by atoms with Crippen molar-refractivity contribution in [1.82, 2.24) is 4.90 Å². The molecular formula is C15H21NO3. The summed E-state index contributed by atoms with van der Waals surface area (Å²) in [6.45, 7) is 5.54. The van der Waals surface area contributed by atoms with Gasteiger partial charge in [-0.05, 0) is 18.9 Å². The zero-order chi connectivity index (χ0) is 14.0. The van der Waals surface area contributed by atoms with Crippen LogP contribution in [-0.4, -0.2) is 36.2 Å². The molecule has 0 spiro atoms. The minimum Gasteiger partial charge on any atom is -0.496 e. The van der Waals surface area contributed by atoms with Crippen LogP contribution in [0.1, 0.15) is 25.5 Å². The first kappa shape index (κ1) is 13.9. The van der Waals surface area contributed by atoms with Crippen LogP contribution < -0.4 is 4.74 Å². The lowest BCUT2D eigenvalue weighted by molar-refractivity contribution is -0.142. The van der Waals surface area contributed by atoms with E-state index in [1.54, 1.807) is 7.11 Å². The first-order valence-corrected chi connectivity index (χ1v) is 6.64. The van der Waals surface area contributed by atoms with E-state index in [9.17, 15) is 9.90 Å². The van der Waals surface area contributed by atoms with Crippen LogP contribution in [0.3, 0.4) is 0 Å². The summed E-state index contributed by atoms with van der Waals surface area (Å²) in [6, 6.07) is 8.09. The van der Waals surface area contributed by atoms with Crippen LogP contribution in [-0.2, 0) is 4.79 Å². The number of carbonyl (C=O) groups is 1. The molecule has 0 aromatic heterocycles. The van der Waals surface area contributed by atoms with Crippen molar-refractivity contribution in [1.29, 1.82) is 0 Å². The summed E-state index contributed by atoms with van der Waals surface area (Å²) in [5.41, 5.74) is 1.11. The molecule has 1 heterocycles. The fourth-order valence-electron chi connectivity index (χ4n) is 2.85. The highest BCUT2D eigenvalue weighted by molar-refractivity contribution is 5.71. The van der Waals surface area contributed by atoms with Gasteiger partial charge in [0, 0.05) is 24.7 Å². The highest BCUT2D eigenvalue weighted by Crippen LogP contribution is 2.34. The quantitative estimate of drug-likeness (QED) is 0.906. The van der Waals surface area contributed by atoms with E-state index in [2.05, 4.69) is 11.8 Å². The van der Waals surface area contributed by atoms with E-state index >= 15 is 0 Å². The molecule has 0 radical (unpaired) electrons. The van der Waals surface area contributed by atoms with Gasteiger partial charge in [0.1, 0.15) is 5.75 Å². The van der Waals surface area contributed by atoms with Crippen molar-refractivity contribution in [3.8, 4) is 5.75 Å². The molecule has 1 aliphatic rings. The summed E-state index contributed by atoms with van der Waals surface area (Å²) >= 11 is 0. The summed E-state index contributed by atoms with van der Waals surface area (Å²) < 4.78 is 5.38. The maximum absolute atomic E-state index is 11.2. The Morgan fingerprint density at radius 3 is 2.68 bits per heavy atom. The molecule has 1 aromatic carbocycles. The monoisotopic (exact) mass is 263 g/mol. The second kappa shape index (κ2) is 5.61. The molecule has 1 aromatic rings. The second-order valence-electron chi connectivity index (χ2n) is 5.29. The van der Waals surface area contributed by atoms with Crippen molar-refractivity contribution in [3.05, 3.63) is 29.8 Å². The minimum atomic E-state index is -0.692. The second-order valence-corrected chi connectivity index (χ2v) is 5.29. The van der Waals surface area contributed by atoms with Crippen molar-refractivity contribution >= 4 is 5.97 Å². The van der Waals surface area contributed by atoms with Gasteiger partial charge in [0.05, 0.1) is 13.0 Å². The number of rotatable bonds is 4. The average Bonchev–Trinajstić information content (AvgIpc) is 2.80. The van der Waals surface area contributed by atoms with Gasteiger partial charge in [-0.2, -0.15) is 0 Å². The van der Waals surface area contributed by atoms with Gasteiger partial charge in [-0.3, -0.25) is 9.69 Å². The van der Waals surface area contributed by atoms with Crippen LogP contribution >= 0.6 is 0 Å². The Morgan fingerprint density at radius 1 is 1.42 bits per heavy atom. The fourth-order valence-corrected chi connectivity index (χ4v) is 2.85. The highest BCUT2D eigenvalue weighted by atomic mass is 16.5. The molecule has 0 aliphatic carbocycles. The number of carboxylic acid groups (broad SMARTS) is 1. The van der Waals surface area contributed by atoms with E-state index in [4.69, 9.17) is 4.74 Å².